The van der Waals surface area contributed by atoms with Crippen LogP contribution in [0.1, 0.15) is 67.9 Å². The quantitative estimate of drug-likeness (QED) is 0.374. The van der Waals surface area contributed by atoms with Gasteiger partial charge in [0.15, 0.2) is 0 Å². The Hall–Kier alpha value is -2.83. The summed E-state index contributed by atoms with van der Waals surface area (Å²) >= 11 is 6.76. The lowest BCUT2D eigenvalue weighted by atomic mass is 10.0. The minimum absolute atomic E-state index is 0.136. The van der Waals surface area contributed by atoms with Crippen LogP contribution in [0.2, 0.25) is 0 Å². The molecule has 7 nitrogen and oxygen atoms in total. The maximum Gasteiger partial charge on any atom is 0.270 e. The van der Waals surface area contributed by atoms with Crippen LogP contribution < -0.4 is 10.5 Å². The van der Waals surface area contributed by atoms with E-state index in [4.69, 9.17) is 16.6 Å². The smallest absolute Gasteiger partial charge is 0.270 e. The Kier molecular flexibility index (Phi) is 8.14. The maximum atomic E-state index is 13.4. The van der Waals surface area contributed by atoms with Gasteiger partial charge < -0.3 is 9.32 Å². The number of aromatic nitrogens is 1. The van der Waals surface area contributed by atoms with Gasteiger partial charge in [0.2, 0.25) is 0 Å². The Labute approximate surface area is 215 Å². The van der Waals surface area contributed by atoms with Gasteiger partial charge >= 0.3 is 0 Å². The van der Waals surface area contributed by atoms with E-state index >= 15 is 0 Å². The number of pyridine rings is 1. The zero-order valence-corrected chi connectivity index (χ0v) is 21.8. The molecule has 2 saturated heterocycles. The number of nitriles is 1. The molecule has 0 saturated carbocycles. The van der Waals surface area contributed by atoms with Crippen LogP contribution in [0.3, 0.4) is 0 Å². The summed E-state index contributed by atoms with van der Waals surface area (Å²) in [4.78, 5) is 31.0. The van der Waals surface area contributed by atoms with E-state index in [1.807, 2.05) is 12.1 Å². The number of thiocarbonyl (C=S) groups is 1. The van der Waals surface area contributed by atoms with Gasteiger partial charge in [-0.25, -0.2) is 0 Å². The van der Waals surface area contributed by atoms with E-state index in [1.165, 1.54) is 16.7 Å². The number of carbonyl (C=O) groups excluding carboxylic acids is 1. The molecular weight excluding hydrogens is 480 g/mol. The molecule has 4 heterocycles. The Morgan fingerprint density at radius 3 is 2.60 bits per heavy atom. The molecule has 0 atom stereocenters. The largest absolute Gasteiger partial charge is 0.467 e. The predicted molar refractivity (Wildman–Crippen MR) is 143 cm³/mol. The van der Waals surface area contributed by atoms with Gasteiger partial charge in [0.1, 0.15) is 27.5 Å². The van der Waals surface area contributed by atoms with Gasteiger partial charge in [-0.15, -0.1) is 0 Å². The zero-order valence-electron chi connectivity index (χ0n) is 20.2. The van der Waals surface area contributed by atoms with Crippen molar-refractivity contribution in [3.8, 4) is 6.07 Å². The van der Waals surface area contributed by atoms with Crippen LogP contribution in [-0.4, -0.2) is 32.8 Å². The minimum Gasteiger partial charge on any atom is -0.467 e. The van der Waals surface area contributed by atoms with Gasteiger partial charge in [0.25, 0.3) is 11.5 Å². The van der Waals surface area contributed by atoms with Gasteiger partial charge in [0.05, 0.1) is 17.7 Å². The molecule has 0 spiro atoms. The summed E-state index contributed by atoms with van der Waals surface area (Å²) < 4.78 is 7.63. The van der Waals surface area contributed by atoms with Crippen molar-refractivity contribution >= 4 is 46.1 Å². The summed E-state index contributed by atoms with van der Waals surface area (Å²) in [5.74, 6) is 1.28. The van der Waals surface area contributed by atoms with E-state index < -0.39 is 0 Å². The lowest BCUT2D eigenvalue weighted by Gasteiger charge is -2.29. The number of rotatable bonds is 7. The average molecular weight is 511 g/mol. The fourth-order valence-electron chi connectivity index (χ4n) is 4.62. The molecule has 35 heavy (non-hydrogen) atoms. The van der Waals surface area contributed by atoms with Crippen molar-refractivity contribution in [3.05, 3.63) is 56.1 Å². The van der Waals surface area contributed by atoms with Crippen molar-refractivity contribution in [1.29, 1.82) is 5.26 Å². The second-order valence-electron chi connectivity index (χ2n) is 8.91. The fraction of sp³-hybridized carbons (Fsp3) is 0.462. The van der Waals surface area contributed by atoms with Crippen molar-refractivity contribution in [2.45, 2.75) is 65.5 Å². The van der Waals surface area contributed by atoms with E-state index in [-0.39, 0.29) is 23.6 Å². The first kappa shape index (κ1) is 25.3. The number of anilines is 1. The lowest BCUT2D eigenvalue weighted by molar-refractivity contribution is -0.122. The van der Waals surface area contributed by atoms with Crippen LogP contribution >= 0.6 is 24.0 Å². The molecule has 4 rings (SSSR count). The number of amides is 1. The Morgan fingerprint density at radius 1 is 1.23 bits per heavy atom. The average Bonchev–Trinajstić information content (AvgIpc) is 3.34. The first-order chi connectivity index (χ1) is 17.0. The van der Waals surface area contributed by atoms with Gasteiger partial charge in [-0.2, -0.15) is 5.26 Å². The molecular formula is C26H30N4O3S2. The Balaban J connectivity index is 1.84. The van der Waals surface area contributed by atoms with Gasteiger partial charge in [-0.3, -0.25) is 19.1 Å². The van der Waals surface area contributed by atoms with Crippen molar-refractivity contribution in [3.63, 3.8) is 0 Å². The number of hydrogen-bond donors (Lipinski definition) is 0. The number of thioether (sulfide) groups is 1. The zero-order chi connectivity index (χ0) is 24.9. The van der Waals surface area contributed by atoms with Crippen molar-refractivity contribution < 1.29 is 9.21 Å². The van der Waals surface area contributed by atoms with E-state index in [1.54, 1.807) is 23.8 Å². The van der Waals surface area contributed by atoms with Crippen LogP contribution in [0.4, 0.5) is 5.82 Å². The number of hydrogen-bond acceptors (Lipinski definition) is 7. The number of carbonyl (C=O) groups is 1. The molecule has 0 unspecified atom stereocenters. The molecule has 0 aliphatic carbocycles. The predicted octanol–water partition coefficient (Wildman–Crippen LogP) is 5.20. The first-order valence-electron chi connectivity index (χ1n) is 12.2. The molecule has 0 N–H and O–H groups in total. The summed E-state index contributed by atoms with van der Waals surface area (Å²) in [6, 6.07) is 5.72. The SMILES string of the molecule is CCCCn1c(N2CCCCCC2)c(/C=C2\SC(=S)N(Cc3ccco3)C2=O)c(C)c(C#N)c1=O. The van der Waals surface area contributed by atoms with Gasteiger partial charge in [-0.1, -0.05) is 50.2 Å². The topological polar surface area (TPSA) is 82.5 Å². The molecule has 0 bridgehead atoms. The first-order valence-corrected chi connectivity index (χ1v) is 13.4. The second kappa shape index (κ2) is 11.3. The highest BCUT2D eigenvalue weighted by atomic mass is 32.2. The Bertz CT molecular complexity index is 1230. The van der Waals surface area contributed by atoms with Crippen LogP contribution in [0.25, 0.3) is 6.08 Å². The molecule has 2 fully saturated rings. The van der Waals surface area contributed by atoms with Gasteiger partial charge in [0, 0.05) is 25.2 Å². The van der Waals surface area contributed by atoms with E-state index in [2.05, 4.69) is 17.9 Å². The van der Waals surface area contributed by atoms with Crippen LogP contribution in [0.15, 0.2) is 32.5 Å². The number of furan rings is 1. The van der Waals surface area contributed by atoms with E-state index in [0.717, 1.165) is 63.0 Å². The third-order valence-corrected chi connectivity index (χ3v) is 7.91. The van der Waals surface area contributed by atoms with Crippen LogP contribution in [-0.2, 0) is 17.9 Å². The van der Waals surface area contributed by atoms with E-state index in [9.17, 15) is 14.9 Å². The summed E-state index contributed by atoms with van der Waals surface area (Å²) in [7, 11) is 0. The third-order valence-electron chi connectivity index (χ3n) is 6.53. The fourth-order valence-corrected chi connectivity index (χ4v) is 5.85. The molecule has 0 radical (unpaired) electrons. The second-order valence-corrected chi connectivity index (χ2v) is 10.6. The highest BCUT2D eigenvalue weighted by molar-refractivity contribution is 8.26. The number of nitrogens with zero attached hydrogens (tertiary/aromatic N) is 4. The van der Waals surface area contributed by atoms with Gasteiger partial charge in [-0.05, 0) is 50.0 Å². The summed E-state index contributed by atoms with van der Waals surface area (Å²) in [5.41, 5.74) is 1.26. The molecule has 2 aromatic rings. The van der Waals surface area contributed by atoms with E-state index in [0.29, 0.717) is 27.1 Å². The standard InChI is InChI=1S/C26H30N4O3S2/c1-3-4-13-29-23(28-11-7-5-6-8-12-28)20(18(2)21(16-27)24(29)31)15-22-25(32)30(26(34)35-22)17-19-10-9-14-33-19/h9-10,14-15H,3-8,11-13,17H2,1-2H3/b22-15-. The molecule has 2 aliphatic heterocycles. The summed E-state index contributed by atoms with van der Waals surface area (Å²) in [6.07, 6.45) is 9.58. The van der Waals surface area contributed by atoms with Crippen LogP contribution in [0, 0.1) is 18.3 Å². The van der Waals surface area contributed by atoms with Crippen molar-refractivity contribution in [2.75, 3.05) is 18.0 Å². The Morgan fingerprint density at radius 2 is 1.97 bits per heavy atom. The van der Waals surface area contributed by atoms with Crippen molar-refractivity contribution in [2.24, 2.45) is 0 Å². The molecule has 2 aromatic heterocycles. The minimum atomic E-state index is -0.250. The molecule has 2 aliphatic rings. The molecule has 184 valence electrons. The lowest BCUT2D eigenvalue weighted by Crippen LogP contribution is -2.35. The normalized spacial score (nSPS) is 17.8. The highest BCUT2D eigenvalue weighted by Crippen LogP contribution is 2.37. The summed E-state index contributed by atoms with van der Waals surface area (Å²) in [5, 5.41) is 9.85. The monoisotopic (exact) mass is 510 g/mol. The highest BCUT2D eigenvalue weighted by Gasteiger charge is 2.34. The van der Waals surface area contributed by atoms with Crippen LogP contribution in [0.5, 0.6) is 0 Å². The van der Waals surface area contributed by atoms with Crippen molar-refractivity contribution in [1.82, 2.24) is 9.47 Å². The summed E-state index contributed by atoms with van der Waals surface area (Å²) in [6.45, 7) is 6.39. The molecule has 1 amide bonds. The molecule has 0 aromatic carbocycles. The third kappa shape index (κ3) is 5.24. The number of unbranched alkanes of at least 4 members (excludes halogenated alkanes) is 1. The maximum absolute atomic E-state index is 13.4. The molecule has 9 heteroatoms.